The van der Waals surface area contributed by atoms with E-state index in [2.05, 4.69) is 0 Å². The van der Waals surface area contributed by atoms with Gasteiger partial charge in [0.1, 0.15) is 17.2 Å². The zero-order valence-corrected chi connectivity index (χ0v) is 13.0. The summed E-state index contributed by atoms with van der Waals surface area (Å²) in [5.41, 5.74) is 1.84. The van der Waals surface area contributed by atoms with Crippen molar-refractivity contribution in [3.63, 3.8) is 0 Å². The Balaban J connectivity index is 1.91. The molecule has 1 heterocycles. The zero-order valence-electron chi connectivity index (χ0n) is 13.0. The molecule has 0 radical (unpaired) electrons. The zero-order chi connectivity index (χ0) is 17.1. The first-order valence-electron chi connectivity index (χ1n) is 7.40. The fraction of sp³-hybridized carbons (Fsp3) is 0.222. The summed E-state index contributed by atoms with van der Waals surface area (Å²) < 4.78 is 15.6. The molecule has 1 N–H and O–H groups in total. The van der Waals surface area contributed by atoms with Crippen LogP contribution in [0.5, 0.6) is 17.2 Å². The number of carboxylic acid groups (broad SMARTS) is 1. The Kier molecular flexibility index (Phi) is 4.37. The van der Waals surface area contributed by atoms with Crippen molar-refractivity contribution in [2.75, 3.05) is 13.7 Å². The van der Waals surface area contributed by atoms with E-state index in [1.54, 1.807) is 25.3 Å². The van der Waals surface area contributed by atoms with Gasteiger partial charge in [0.05, 0.1) is 13.5 Å². The average molecular weight is 328 g/mol. The van der Waals surface area contributed by atoms with E-state index < -0.39 is 12.6 Å². The van der Waals surface area contributed by atoms with Crippen molar-refractivity contribution >= 4 is 11.9 Å². The summed E-state index contributed by atoms with van der Waals surface area (Å²) in [5.74, 6) is -0.0377. The molecule has 1 unspecified atom stereocenters. The van der Waals surface area contributed by atoms with Crippen molar-refractivity contribution in [3.05, 3.63) is 53.6 Å². The first-order valence-corrected chi connectivity index (χ1v) is 7.40. The summed E-state index contributed by atoms with van der Waals surface area (Å²) in [4.78, 5) is 22.5. The Morgan fingerprint density at radius 1 is 1.21 bits per heavy atom. The van der Waals surface area contributed by atoms with Crippen LogP contribution in [-0.2, 0) is 9.59 Å². The van der Waals surface area contributed by atoms with Gasteiger partial charge in [-0.15, -0.1) is 0 Å². The van der Waals surface area contributed by atoms with E-state index in [0.29, 0.717) is 11.5 Å². The number of carboxylic acids is 1. The Morgan fingerprint density at radius 3 is 2.58 bits per heavy atom. The van der Waals surface area contributed by atoms with Crippen LogP contribution in [-0.4, -0.2) is 30.8 Å². The molecule has 24 heavy (non-hydrogen) atoms. The Bertz CT molecular complexity index is 766. The minimum Gasteiger partial charge on any atom is -0.497 e. The molecule has 2 aromatic rings. The maximum absolute atomic E-state index is 11.9. The number of carbonyl (C=O) groups is 2. The SMILES string of the molecule is COc1ccc(C2CC(=O)Oc3cc(OCC(=O)O)ccc32)cc1. The van der Waals surface area contributed by atoms with Crippen LogP contribution in [0, 0.1) is 0 Å². The van der Waals surface area contributed by atoms with Crippen LogP contribution in [0.3, 0.4) is 0 Å². The largest absolute Gasteiger partial charge is 0.497 e. The van der Waals surface area contributed by atoms with Crippen LogP contribution in [0.15, 0.2) is 42.5 Å². The first kappa shape index (κ1) is 15.9. The predicted octanol–water partition coefficient (Wildman–Crippen LogP) is 2.60. The molecule has 0 aromatic heterocycles. The number of rotatable bonds is 5. The number of fused-ring (bicyclic) bond motifs is 1. The summed E-state index contributed by atoms with van der Waals surface area (Å²) in [7, 11) is 1.60. The number of carbonyl (C=O) groups excluding carboxylic acids is 1. The van der Waals surface area contributed by atoms with Gasteiger partial charge >= 0.3 is 11.9 Å². The standard InChI is InChI=1S/C18H16O6/c1-22-12-4-2-11(3-5-12)15-9-18(21)24-16-8-13(6-7-14(15)16)23-10-17(19)20/h2-8,15H,9-10H2,1H3,(H,19,20). The van der Waals surface area contributed by atoms with Gasteiger partial charge in [-0.05, 0) is 23.8 Å². The fourth-order valence-corrected chi connectivity index (χ4v) is 2.70. The molecule has 2 aromatic carbocycles. The third-order valence-electron chi connectivity index (χ3n) is 3.84. The van der Waals surface area contributed by atoms with Crippen molar-refractivity contribution in [2.45, 2.75) is 12.3 Å². The lowest BCUT2D eigenvalue weighted by molar-refractivity contribution is -0.139. The summed E-state index contributed by atoms with van der Waals surface area (Å²) in [6.45, 7) is -0.450. The van der Waals surface area contributed by atoms with Gasteiger partial charge < -0.3 is 19.3 Å². The molecule has 6 nitrogen and oxygen atoms in total. The minimum absolute atomic E-state index is 0.124. The summed E-state index contributed by atoms with van der Waals surface area (Å²) in [6, 6.07) is 12.6. The lowest BCUT2D eigenvalue weighted by atomic mass is 9.86. The van der Waals surface area contributed by atoms with E-state index in [0.717, 1.165) is 16.9 Å². The summed E-state index contributed by atoms with van der Waals surface area (Å²) in [6.07, 6.45) is 0.245. The Morgan fingerprint density at radius 2 is 1.92 bits per heavy atom. The van der Waals surface area contributed by atoms with Crippen LogP contribution in [0.25, 0.3) is 0 Å². The fourth-order valence-electron chi connectivity index (χ4n) is 2.70. The monoisotopic (exact) mass is 328 g/mol. The Hall–Kier alpha value is -3.02. The average Bonchev–Trinajstić information content (AvgIpc) is 2.59. The molecule has 124 valence electrons. The molecule has 1 aliphatic rings. The smallest absolute Gasteiger partial charge is 0.341 e. The summed E-state index contributed by atoms with van der Waals surface area (Å²) >= 11 is 0. The molecule has 1 atom stereocenters. The van der Waals surface area contributed by atoms with Gasteiger partial charge in [0.2, 0.25) is 0 Å². The Labute approximate surface area is 138 Å². The second kappa shape index (κ2) is 6.62. The van der Waals surface area contributed by atoms with E-state index in [9.17, 15) is 9.59 Å². The number of aliphatic carboxylic acids is 1. The maximum Gasteiger partial charge on any atom is 0.341 e. The van der Waals surface area contributed by atoms with Crippen LogP contribution in [0.1, 0.15) is 23.5 Å². The molecule has 0 fully saturated rings. The molecule has 0 spiro atoms. The maximum atomic E-state index is 11.9. The highest BCUT2D eigenvalue weighted by Gasteiger charge is 2.28. The number of esters is 1. The number of hydrogen-bond acceptors (Lipinski definition) is 5. The third kappa shape index (κ3) is 3.32. The number of benzene rings is 2. The van der Waals surface area contributed by atoms with E-state index >= 15 is 0 Å². The van der Waals surface area contributed by atoms with Crippen molar-refractivity contribution in [1.82, 2.24) is 0 Å². The molecule has 0 bridgehead atoms. The predicted molar refractivity (Wildman–Crippen MR) is 84.7 cm³/mol. The van der Waals surface area contributed by atoms with E-state index in [4.69, 9.17) is 19.3 Å². The van der Waals surface area contributed by atoms with Gasteiger partial charge in [-0.3, -0.25) is 4.79 Å². The van der Waals surface area contributed by atoms with Crippen LogP contribution < -0.4 is 14.2 Å². The van der Waals surface area contributed by atoms with Crippen molar-refractivity contribution in [1.29, 1.82) is 0 Å². The van der Waals surface area contributed by atoms with Crippen LogP contribution >= 0.6 is 0 Å². The van der Waals surface area contributed by atoms with Crippen LogP contribution in [0.4, 0.5) is 0 Å². The van der Waals surface area contributed by atoms with Gasteiger partial charge in [0.15, 0.2) is 6.61 Å². The van der Waals surface area contributed by atoms with Gasteiger partial charge in [-0.2, -0.15) is 0 Å². The lowest BCUT2D eigenvalue weighted by Gasteiger charge is -2.25. The number of methoxy groups -OCH3 is 1. The quantitative estimate of drug-likeness (QED) is 0.671. The first-order chi connectivity index (χ1) is 11.6. The second-order valence-corrected chi connectivity index (χ2v) is 5.39. The molecule has 0 saturated heterocycles. The molecule has 0 amide bonds. The normalized spacial score (nSPS) is 16.0. The van der Waals surface area contributed by atoms with Gasteiger partial charge in [0, 0.05) is 17.5 Å². The lowest BCUT2D eigenvalue weighted by Crippen LogP contribution is -2.21. The molecule has 0 aliphatic carbocycles. The van der Waals surface area contributed by atoms with Gasteiger partial charge in [-0.1, -0.05) is 18.2 Å². The summed E-state index contributed by atoms with van der Waals surface area (Å²) in [5, 5.41) is 8.67. The molecule has 1 aliphatic heterocycles. The van der Waals surface area contributed by atoms with Crippen molar-refractivity contribution in [3.8, 4) is 17.2 Å². The highest BCUT2D eigenvalue weighted by atomic mass is 16.5. The van der Waals surface area contributed by atoms with E-state index in [-0.39, 0.29) is 18.3 Å². The van der Waals surface area contributed by atoms with Crippen molar-refractivity contribution < 1.29 is 28.9 Å². The number of ether oxygens (including phenoxy) is 3. The molecule has 0 saturated carbocycles. The van der Waals surface area contributed by atoms with Crippen molar-refractivity contribution in [2.24, 2.45) is 0 Å². The molecular weight excluding hydrogens is 312 g/mol. The molecule has 6 heteroatoms. The molecular formula is C18H16O6. The van der Waals surface area contributed by atoms with E-state index in [1.807, 2.05) is 24.3 Å². The van der Waals surface area contributed by atoms with Gasteiger partial charge in [0.25, 0.3) is 0 Å². The van der Waals surface area contributed by atoms with E-state index in [1.165, 1.54) is 0 Å². The molecule has 3 rings (SSSR count). The third-order valence-corrected chi connectivity index (χ3v) is 3.84. The topological polar surface area (TPSA) is 82.1 Å². The highest BCUT2D eigenvalue weighted by Crippen LogP contribution is 2.40. The van der Waals surface area contributed by atoms with Crippen LogP contribution in [0.2, 0.25) is 0 Å². The highest BCUT2D eigenvalue weighted by molar-refractivity contribution is 5.78. The number of hydrogen-bond donors (Lipinski definition) is 1. The minimum atomic E-state index is -1.07. The second-order valence-electron chi connectivity index (χ2n) is 5.39. The van der Waals surface area contributed by atoms with Gasteiger partial charge in [-0.25, -0.2) is 4.79 Å².